The molecule has 2 aromatic rings. The predicted octanol–water partition coefficient (Wildman–Crippen LogP) is 2.49. The molecule has 0 aromatic heterocycles. The third-order valence-corrected chi connectivity index (χ3v) is 4.15. The van der Waals surface area contributed by atoms with E-state index in [2.05, 4.69) is 4.90 Å². The number of piperazine rings is 1. The monoisotopic (exact) mass is 314 g/mol. The van der Waals surface area contributed by atoms with Gasteiger partial charge in [-0.05, 0) is 18.2 Å². The lowest BCUT2D eigenvalue weighted by molar-refractivity contribution is 0.0624. The van der Waals surface area contributed by atoms with E-state index < -0.39 is 0 Å². The van der Waals surface area contributed by atoms with Gasteiger partial charge in [-0.15, -0.1) is 0 Å². The highest BCUT2D eigenvalue weighted by Crippen LogP contribution is 2.19. The summed E-state index contributed by atoms with van der Waals surface area (Å²) in [5.74, 6) is -0.347. The van der Waals surface area contributed by atoms with Crippen molar-refractivity contribution in [3.8, 4) is 5.75 Å². The minimum atomic E-state index is -0.194. The number of hydrogen-bond donors (Lipinski definition) is 1. The van der Waals surface area contributed by atoms with Crippen LogP contribution in [-0.4, -0.2) is 47.0 Å². The van der Waals surface area contributed by atoms with Crippen LogP contribution in [-0.2, 0) is 6.54 Å². The van der Waals surface area contributed by atoms with Crippen molar-refractivity contribution in [2.75, 3.05) is 26.2 Å². The van der Waals surface area contributed by atoms with Gasteiger partial charge < -0.3 is 10.0 Å². The molecule has 3 rings (SSSR count). The van der Waals surface area contributed by atoms with E-state index in [1.54, 1.807) is 35.2 Å². The van der Waals surface area contributed by atoms with Gasteiger partial charge in [0.25, 0.3) is 5.91 Å². The topological polar surface area (TPSA) is 43.8 Å². The standard InChI is InChI=1S/C18H19FN2O2/c19-16-7-3-1-5-14(16)13-20-9-11-21(12-10-20)18(23)15-6-2-4-8-17(15)22/h1-8,22H,9-13H2. The summed E-state index contributed by atoms with van der Waals surface area (Å²) in [5, 5.41) is 9.79. The summed E-state index contributed by atoms with van der Waals surface area (Å²) < 4.78 is 13.7. The van der Waals surface area contributed by atoms with Gasteiger partial charge >= 0.3 is 0 Å². The molecule has 1 amide bonds. The number of phenols is 1. The van der Waals surface area contributed by atoms with Crippen molar-refractivity contribution in [3.05, 3.63) is 65.5 Å². The molecule has 4 nitrogen and oxygen atoms in total. The average molecular weight is 314 g/mol. The van der Waals surface area contributed by atoms with Crippen LogP contribution >= 0.6 is 0 Å². The van der Waals surface area contributed by atoms with E-state index in [1.807, 2.05) is 6.07 Å². The first-order chi connectivity index (χ1) is 11.1. The summed E-state index contributed by atoms with van der Waals surface area (Å²) in [7, 11) is 0. The molecule has 0 bridgehead atoms. The molecule has 1 heterocycles. The third kappa shape index (κ3) is 3.51. The van der Waals surface area contributed by atoms with Crippen LogP contribution in [0.3, 0.4) is 0 Å². The molecular formula is C18H19FN2O2. The number of aromatic hydroxyl groups is 1. The molecule has 0 spiro atoms. The van der Waals surface area contributed by atoms with Gasteiger partial charge in [0.1, 0.15) is 11.6 Å². The Balaban J connectivity index is 1.59. The van der Waals surface area contributed by atoms with E-state index in [4.69, 9.17) is 0 Å². The molecule has 0 aliphatic carbocycles. The number of rotatable bonds is 3. The number of phenolic OH excluding ortho intramolecular Hbond substituents is 1. The largest absolute Gasteiger partial charge is 0.507 e. The normalized spacial score (nSPS) is 15.6. The molecule has 23 heavy (non-hydrogen) atoms. The number of benzene rings is 2. The van der Waals surface area contributed by atoms with Crippen LogP contribution in [0.1, 0.15) is 15.9 Å². The van der Waals surface area contributed by atoms with E-state index in [0.29, 0.717) is 43.9 Å². The van der Waals surface area contributed by atoms with Crippen molar-refractivity contribution >= 4 is 5.91 Å². The minimum Gasteiger partial charge on any atom is -0.507 e. The molecule has 120 valence electrons. The maximum Gasteiger partial charge on any atom is 0.257 e. The van der Waals surface area contributed by atoms with Gasteiger partial charge in [-0.3, -0.25) is 9.69 Å². The number of hydrogen-bond acceptors (Lipinski definition) is 3. The summed E-state index contributed by atoms with van der Waals surface area (Å²) in [6, 6.07) is 13.3. The summed E-state index contributed by atoms with van der Waals surface area (Å²) >= 11 is 0. The number of nitrogens with zero attached hydrogens (tertiary/aromatic N) is 2. The zero-order valence-corrected chi connectivity index (χ0v) is 12.8. The number of halogens is 1. The van der Waals surface area contributed by atoms with Crippen LogP contribution < -0.4 is 0 Å². The fraction of sp³-hybridized carbons (Fsp3) is 0.278. The van der Waals surface area contributed by atoms with E-state index in [9.17, 15) is 14.3 Å². The van der Waals surface area contributed by atoms with Crippen LogP contribution in [0.2, 0.25) is 0 Å². The highest BCUT2D eigenvalue weighted by Gasteiger charge is 2.24. The van der Waals surface area contributed by atoms with Gasteiger partial charge in [0.15, 0.2) is 0 Å². The average Bonchev–Trinajstić information content (AvgIpc) is 2.57. The van der Waals surface area contributed by atoms with E-state index >= 15 is 0 Å². The molecule has 1 aliphatic rings. The van der Waals surface area contributed by atoms with Gasteiger partial charge in [-0.25, -0.2) is 4.39 Å². The Morgan fingerprint density at radius 3 is 2.35 bits per heavy atom. The zero-order valence-electron chi connectivity index (χ0n) is 12.8. The van der Waals surface area contributed by atoms with Crippen molar-refractivity contribution in [3.63, 3.8) is 0 Å². The van der Waals surface area contributed by atoms with Crippen LogP contribution in [0.15, 0.2) is 48.5 Å². The lowest BCUT2D eigenvalue weighted by Crippen LogP contribution is -2.48. The molecule has 1 fully saturated rings. The van der Waals surface area contributed by atoms with Crippen LogP contribution in [0.4, 0.5) is 4.39 Å². The van der Waals surface area contributed by atoms with Crippen molar-refractivity contribution in [2.24, 2.45) is 0 Å². The van der Waals surface area contributed by atoms with E-state index in [0.717, 1.165) is 0 Å². The molecule has 1 aliphatic heterocycles. The fourth-order valence-electron chi connectivity index (χ4n) is 2.80. The number of amides is 1. The Hall–Kier alpha value is -2.40. The van der Waals surface area contributed by atoms with Crippen LogP contribution in [0, 0.1) is 5.82 Å². The Labute approximate surface area is 134 Å². The lowest BCUT2D eigenvalue weighted by atomic mass is 10.1. The molecule has 1 N–H and O–H groups in total. The van der Waals surface area contributed by atoms with Gasteiger partial charge in [0.2, 0.25) is 0 Å². The number of carbonyl (C=O) groups excluding carboxylic acids is 1. The second-order valence-electron chi connectivity index (χ2n) is 5.68. The molecule has 0 radical (unpaired) electrons. The fourth-order valence-corrected chi connectivity index (χ4v) is 2.80. The summed E-state index contributed by atoms with van der Waals surface area (Å²) in [5.41, 5.74) is 1.00. The van der Waals surface area contributed by atoms with E-state index in [-0.39, 0.29) is 17.5 Å². The molecule has 2 aromatic carbocycles. The van der Waals surface area contributed by atoms with Crippen molar-refractivity contribution in [1.29, 1.82) is 0 Å². The van der Waals surface area contributed by atoms with Crippen molar-refractivity contribution in [1.82, 2.24) is 9.80 Å². The maximum absolute atomic E-state index is 13.7. The Morgan fingerprint density at radius 1 is 1.00 bits per heavy atom. The SMILES string of the molecule is O=C(c1ccccc1O)N1CCN(Cc2ccccc2F)CC1. The van der Waals surface area contributed by atoms with Crippen LogP contribution in [0.25, 0.3) is 0 Å². The number of carbonyl (C=O) groups is 1. The van der Waals surface area contributed by atoms with E-state index in [1.165, 1.54) is 12.1 Å². The first kappa shape index (κ1) is 15.5. The van der Waals surface area contributed by atoms with Gasteiger partial charge in [0, 0.05) is 38.3 Å². The summed E-state index contributed by atoms with van der Waals surface area (Å²) in [6.45, 7) is 3.07. The molecule has 1 saturated heterocycles. The minimum absolute atomic E-state index is 0.00582. The quantitative estimate of drug-likeness (QED) is 0.946. The lowest BCUT2D eigenvalue weighted by Gasteiger charge is -2.34. The van der Waals surface area contributed by atoms with Gasteiger partial charge in [-0.2, -0.15) is 0 Å². The highest BCUT2D eigenvalue weighted by atomic mass is 19.1. The molecule has 0 saturated carbocycles. The van der Waals surface area contributed by atoms with Crippen molar-refractivity contribution in [2.45, 2.75) is 6.54 Å². The second kappa shape index (κ2) is 6.79. The molecule has 5 heteroatoms. The highest BCUT2D eigenvalue weighted by molar-refractivity contribution is 5.96. The predicted molar refractivity (Wildman–Crippen MR) is 85.7 cm³/mol. The van der Waals surface area contributed by atoms with Gasteiger partial charge in [0.05, 0.1) is 5.56 Å². The van der Waals surface area contributed by atoms with Crippen molar-refractivity contribution < 1.29 is 14.3 Å². The molecule has 0 atom stereocenters. The van der Waals surface area contributed by atoms with Crippen LogP contribution in [0.5, 0.6) is 5.75 Å². The Morgan fingerprint density at radius 2 is 1.65 bits per heavy atom. The summed E-state index contributed by atoms with van der Waals surface area (Å²) in [6.07, 6.45) is 0. The first-order valence-corrected chi connectivity index (χ1v) is 7.68. The molecule has 0 unspecified atom stereocenters. The smallest absolute Gasteiger partial charge is 0.257 e. The Bertz CT molecular complexity index is 697. The summed E-state index contributed by atoms with van der Waals surface area (Å²) in [4.78, 5) is 16.3. The van der Waals surface area contributed by atoms with Gasteiger partial charge in [-0.1, -0.05) is 30.3 Å². The Kier molecular flexibility index (Phi) is 4.57. The number of para-hydroxylation sites is 1. The third-order valence-electron chi connectivity index (χ3n) is 4.15. The second-order valence-corrected chi connectivity index (χ2v) is 5.68. The first-order valence-electron chi connectivity index (χ1n) is 7.68. The molecular weight excluding hydrogens is 295 g/mol. The maximum atomic E-state index is 13.7. The zero-order chi connectivity index (χ0) is 16.2.